The minimum absolute atomic E-state index is 0.0747. The van der Waals surface area contributed by atoms with Crippen molar-refractivity contribution in [3.8, 4) is 0 Å². The zero-order valence-corrected chi connectivity index (χ0v) is 47.7. The van der Waals surface area contributed by atoms with Crippen LogP contribution in [0.1, 0.15) is 271 Å². The number of unbranched alkanes of at least 4 members (excludes halogenated alkanes) is 31. The van der Waals surface area contributed by atoms with E-state index in [2.05, 4.69) is 79.9 Å². The average Bonchev–Trinajstić information content (AvgIpc) is 3.32. The summed E-state index contributed by atoms with van der Waals surface area (Å²) >= 11 is 0. The summed E-state index contributed by atoms with van der Waals surface area (Å²) in [6, 6.07) is -0.761. The van der Waals surface area contributed by atoms with Gasteiger partial charge < -0.3 is 19.8 Å². The van der Waals surface area contributed by atoms with Gasteiger partial charge in [0.2, 0.25) is 5.91 Å². The van der Waals surface area contributed by atoms with Gasteiger partial charge in [-0.2, -0.15) is 0 Å². The SMILES string of the molecule is CC/C=C\C/C=C\C/C=C\C/C=C\C/C=C\CCCCCCCCCCCCCCCCCCCC(=O)NC(COP(=O)(O)OCC[N+](C)(C)C)C(O)CCCCCCCCCCCCCCCCC. The van der Waals surface area contributed by atoms with Gasteiger partial charge in [-0.1, -0.05) is 267 Å². The molecule has 0 saturated heterocycles. The number of amides is 1. The quantitative estimate of drug-likeness (QED) is 0.0243. The molecule has 0 aliphatic carbocycles. The van der Waals surface area contributed by atoms with Crippen LogP contribution in [0.2, 0.25) is 0 Å². The van der Waals surface area contributed by atoms with Crippen LogP contribution in [0.25, 0.3) is 0 Å². The number of quaternary nitrogens is 1. The Kier molecular flexibility index (Phi) is 50.7. The maximum absolute atomic E-state index is 13.0. The van der Waals surface area contributed by atoms with Gasteiger partial charge in [-0.05, 0) is 57.8 Å². The number of carbonyl (C=O) groups excluding carboxylic acids is 1. The Balaban J connectivity index is 4.03. The molecular formula is C61H116N2O6P+. The van der Waals surface area contributed by atoms with E-state index in [9.17, 15) is 19.4 Å². The van der Waals surface area contributed by atoms with Crippen molar-refractivity contribution < 1.29 is 32.9 Å². The summed E-state index contributed by atoms with van der Waals surface area (Å²) in [5.74, 6) is -0.143. The van der Waals surface area contributed by atoms with E-state index in [4.69, 9.17) is 9.05 Å². The summed E-state index contributed by atoms with van der Waals surface area (Å²) in [5, 5.41) is 14.1. The number of allylic oxidation sites excluding steroid dienone is 10. The molecule has 410 valence electrons. The number of nitrogens with zero attached hydrogens (tertiary/aromatic N) is 1. The van der Waals surface area contributed by atoms with Gasteiger partial charge in [-0.25, -0.2) is 4.57 Å². The molecule has 0 fully saturated rings. The van der Waals surface area contributed by atoms with Crippen LogP contribution in [-0.4, -0.2) is 73.4 Å². The first-order valence-electron chi connectivity index (χ1n) is 29.7. The predicted octanol–water partition coefficient (Wildman–Crippen LogP) is 18.1. The zero-order chi connectivity index (χ0) is 51.3. The molecule has 0 spiro atoms. The third-order valence-corrected chi connectivity index (χ3v) is 14.3. The molecular weight excluding hydrogens is 888 g/mol. The second kappa shape index (κ2) is 52.1. The first-order chi connectivity index (χ1) is 34.0. The summed E-state index contributed by atoms with van der Waals surface area (Å²) < 4.78 is 23.8. The number of phosphoric ester groups is 1. The molecule has 0 aliphatic rings. The van der Waals surface area contributed by atoms with Crippen LogP contribution >= 0.6 is 7.82 Å². The van der Waals surface area contributed by atoms with Crippen molar-refractivity contribution >= 4 is 13.7 Å². The lowest BCUT2D eigenvalue weighted by molar-refractivity contribution is -0.870. The largest absolute Gasteiger partial charge is 0.472 e. The van der Waals surface area contributed by atoms with E-state index in [0.29, 0.717) is 23.9 Å². The standard InChI is InChI=1S/C61H115N2O6P/c1-6-8-10-12-14-16-18-20-22-23-24-25-26-27-28-29-30-31-32-33-34-35-36-37-38-39-41-43-45-47-49-51-53-55-61(65)62-59(58-69-70(66,67)68-57-56-63(3,4)5)60(64)54-52-50-48-46-44-42-40-21-19-17-15-13-11-9-7-2/h8,10,14,16,20,22,24-25,27-28,59-60,64H,6-7,9,11-13,15,17-19,21,23,26,29-58H2,1-5H3,(H-,62,65,66,67)/p+1/b10-8-,16-14-,22-20-,25-24-,28-27-. The molecule has 0 aromatic rings. The topological polar surface area (TPSA) is 105 Å². The van der Waals surface area contributed by atoms with Crippen LogP contribution in [-0.2, 0) is 18.4 Å². The second-order valence-electron chi connectivity index (χ2n) is 21.3. The Morgan fingerprint density at radius 3 is 1.26 bits per heavy atom. The third kappa shape index (κ3) is 54.0. The van der Waals surface area contributed by atoms with E-state index in [0.717, 1.165) is 70.6 Å². The van der Waals surface area contributed by atoms with Crippen molar-refractivity contribution in [1.82, 2.24) is 5.32 Å². The number of aliphatic hydroxyl groups excluding tert-OH is 1. The molecule has 3 atom stereocenters. The Morgan fingerprint density at radius 2 is 0.857 bits per heavy atom. The van der Waals surface area contributed by atoms with E-state index in [1.807, 2.05) is 21.1 Å². The van der Waals surface area contributed by atoms with Gasteiger partial charge in [-0.15, -0.1) is 0 Å². The fraction of sp³-hybridized carbons (Fsp3) is 0.820. The minimum Gasteiger partial charge on any atom is -0.391 e. The summed E-state index contributed by atoms with van der Waals surface area (Å²) in [5.41, 5.74) is 0. The number of nitrogens with one attached hydrogen (secondary N) is 1. The molecule has 9 heteroatoms. The maximum Gasteiger partial charge on any atom is 0.472 e. The molecule has 0 rings (SSSR count). The Labute approximate surface area is 434 Å². The smallest absolute Gasteiger partial charge is 0.391 e. The van der Waals surface area contributed by atoms with Crippen molar-refractivity contribution in [3.05, 3.63) is 60.8 Å². The van der Waals surface area contributed by atoms with Gasteiger partial charge in [0.15, 0.2) is 0 Å². The zero-order valence-electron chi connectivity index (χ0n) is 46.8. The molecule has 0 bridgehead atoms. The fourth-order valence-corrected chi connectivity index (χ4v) is 9.40. The number of hydrogen-bond donors (Lipinski definition) is 3. The first-order valence-corrected chi connectivity index (χ1v) is 31.1. The lowest BCUT2D eigenvalue weighted by Crippen LogP contribution is -2.46. The monoisotopic (exact) mass is 1000 g/mol. The maximum atomic E-state index is 13.0. The highest BCUT2D eigenvalue weighted by molar-refractivity contribution is 7.47. The van der Waals surface area contributed by atoms with Gasteiger partial charge in [0.05, 0.1) is 39.9 Å². The van der Waals surface area contributed by atoms with Crippen molar-refractivity contribution in [2.75, 3.05) is 40.9 Å². The molecule has 0 saturated carbocycles. The first kappa shape index (κ1) is 68.2. The number of rotatable bonds is 54. The fourth-order valence-electron chi connectivity index (χ4n) is 8.66. The van der Waals surface area contributed by atoms with Gasteiger partial charge in [0.25, 0.3) is 0 Å². The van der Waals surface area contributed by atoms with Crippen LogP contribution in [0.5, 0.6) is 0 Å². The number of phosphoric acid groups is 1. The Bertz CT molecular complexity index is 1320. The van der Waals surface area contributed by atoms with Crippen LogP contribution in [0.15, 0.2) is 60.8 Å². The molecule has 0 aromatic heterocycles. The predicted molar refractivity (Wildman–Crippen MR) is 304 cm³/mol. The van der Waals surface area contributed by atoms with Crippen molar-refractivity contribution in [3.63, 3.8) is 0 Å². The van der Waals surface area contributed by atoms with Gasteiger partial charge in [0, 0.05) is 6.42 Å². The number of likely N-dealkylation sites (N-methyl/N-ethyl adjacent to an activating group) is 1. The van der Waals surface area contributed by atoms with Gasteiger partial charge in [0.1, 0.15) is 13.2 Å². The molecule has 0 aliphatic heterocycles. The van der Waals surface area contributed by atoms with Crippen LogP contribution in [0.3, 0.4) is 0 Å². The molecule has 8 nitrogen and oxygen atoms in total. The normalized spacial score (nSPS) is 14.3. The highest BCUT2D eigenvalue weighted by atomic mass is 31.2. The van der Waals surface area contributed by atoms with E-state index in [-0.39, 0.29) is 19.1 Å². The molecule has 3 N–H and O–H groups in total. The summed E-state index contributed by atoms with van der Waals surface area (Å²) in [7, 11) is 1.62. The van der Waals surface area contributed by atoms with E-state index in [1.54, 1.807) is 0 Å². The summed E-state index contributed by atoms with van der Waals surface area (Å²) in [6.07, 6.45) is 70.0. The molecule has 0 radical (unpaired) electrons. The molecule has 3 unspecified atom stereocenters. The molecule has 1 amide bonds. The third-order valence-electron chi connectivity index (χ3n) is 13.3. The lowest BCUT2D eigenvalue weighted by Gasteiger charge is -2.26. The average molecular weight is 1000 g/mol. The van der Waals surface area contributed by atoms with Crippen LogP contribution < -0.4 is 5.32 Å². The van der Waals surface area contributed by atoms with E-state index < -0.39 is 20.0 Å². The second-order valence-corrected chi connectivity index (χ2v) is 22.8. The highest BCUT2D eigenvalue weighted by Crippen LogP contribution is 2.43. The summed E-state index contributed by atoms with van der Waals surface area (Å²) in [6.45, 7) is 4.80. The molecule has 0 heterocycles. The van der Waals surface area contributed by atoms with Crippen molar-refractivity contribution in [1.29, 1.82) is 0 Å². The summed E-state index contributed by atoms with van der Waals surface area (Å²) in [4.78, 5) is 23.3. The van der Waals surface area contributed by atoms with Gasteiger partial charge >= 0.3 is 7.82 Å². The Hall–Kier alpha value is -1.80. The van der Waals surface area contributed by atoms with Crippen molar-refractivity contribution in [2.24, 2.45) is 0 Å². The van der Waals surface area contributed by atoms with E-state index in [1.165, 1.54) is 173 Å². The molecule has 70 heavy (non-hydrogen) atoms. The number of hydrogen-bond acceptors (Lipinski definition) is 5. The van der Waals surface area contributed by atoms with E-state index >= 15 is 0 Å². The highest BCUT2D eigenvalue weighted by Gasteiger charge is 2.28. The lowest BCUT2D eigenvalue weighted by atomic mass is 10.0. The van der Waals surface area contributed by atoms with Crippen LogP contribution in [0, 0.1) is 0 Å². The number of aliphatic hydroxyl groups is 1. The van der Waals surface area contributed by atoms with Gasteiger partial charge in [-0.3, -0.25) is 13.8 Å². The Morgan fingerprint density at radius 1 is 0.500 bits per heavy atom. The van der Waals surface area contributed by atoms with Crippen LogP contribution in [0.4, 0.5) is 0 Å². The number of carbonyl (C=O) groups is 1. The minimum atomic E-state index is -4.32. The molecule has 0 aromatic carbocycles. The van der Waals surface area contributed by atoms with Crippen molar-refractivity contribution in [2.45, 2.75) is 283 Å².